The van der Waals surface area contributed by atoms with Crippen molar-refractivity contribution in [2.45, 2.75) is 33.1 Å². The summed E-state index contributed by atoms with van der Waals surface area (Å²) < 4.78 is 10.7. The Morgan fingerprint density at radius 3 is 2.52 bits per heavy atom. The highest BCUT2D eigenvalue weighted by Gasteiger charge is 2.12. The molecule has 0 aliphatic heterocycles. The number of nitrogens with one attached hydrogen (secondary N) is 1. The predicted molar refractivity (Wildman–Crippen MR) is 89.0 cm³/mol. The molecule has 1 N–H and O–H groups in total. The minimum Gasteiger partial charge on any atom is -0.496 e. The monoisotopic (exact) mass is 293 g/mol. The van der Waals surface area contributed by atoms with E-state index in [0.717, 1.165) is 38.3 Å². The molecular formula is C18H31NO2. The number of para-hydroxylation sites is 1. The van der Waals surface area contributed by atoms with Gasteiger partial charge in [0.15, 0.2) is 0 Å². The average Bonchev–Trinajstić information content (AvgIpc) is 2.47. The molecule has 0 fully saturated rings. The van der Waals surface area contributed by atoms with Crippen LogP contribution in [-0.2, 0) is 11.2 Å². The lowest BCUT2D eigenvalue weighted by Crippen LogP contribution is -2.28. The van der Waals surface area contributed by atoms with Crippen molar-refractivity contribution in [3.8, 4) is 5.75 Å². The van der Waals surface area contributed by atoms with Gasteiger partial charge in [-0.05, 0) is 55.8 Å². The van der Waals surface area contributed by atoms with E-state index in [0.29, 0.717) is 11.8 Å². The van der Waals surface area contributed by atoms with Gasteiger partial charge in [0.2, 0.25) is 0 Å². The molecule has 120 valence electrons. The molecule has 0 saturated carbocycles. The summed E-state index contributed by atoms with van der Waals surface area (Å²) >= 11 is 0. The summed E-state index contributed by atoms with van der Waals surface area (Å²) in [7, 11) is 3.52. The Kier molecular flexibility index (Phi) is 9.11. The molecule has 0 amide bonds. The number of hydrogen-bond acceptors (Lipinski definition) is 3. The Morgan fingerprint density at radius 1 is 1.10 bits per heavy atom. The van der Waals surface area contributed by atoms with Gasteiger partial charge in [-0.3, -0.25) is 0 Å². The maximum atomic E-state index is 5.47. The van der Waals surface area contributed by atoms with E-state index in [1.54, 1.807) is 14.2 Å². The Hall–Kier alpha value is -1.06. The van der Waals surface area contributed by atoms with E-state index in [-0.39, 0.29) is 0 Å². The maximum absolute atomic E-state index is 5.47. The topological polar surface area (TPSA) is 30.5 Å². The van der Waals surface area contributed by atoms with Crippen LogP contribution in [0.2, 0.25) is 0 Å². The molecule has 0 radical (unpaired) electrons. The van der Waals surface area contributed by atoms with Crippen LogP contribution in [0.25, 0.3) is 0 Å². The quantitative estimate of drug-likeness (QED) is 0.633. The fourth-order valence-electron chi connectivity index (χ4n) is 2.55. The molecule has 0 aliphatic rings. The Balaban J connectivity index is 2.57. The fourth-order valence-corrected chi connectivity index (χ4v) is 2.55. The van der Waals surface area contributed by atoms with E-state index < -0.39 is 0 Å². The van der Waals surface area contributed by atoms with Crippen molar-refractivity contribution >= 4 is 0 Å². The summed E-state index contributed by atoms with van der Waals surface area (Å²) in [6.45, 7) is 7.46. The third-order valence-corrected chi connectivity index (χ3v) is 3.65. The van der Waals surface area contributed by atoms with E-state index in [2.05, 4.69) is 31.3 Å². The molecule has 1 unspecified atom stereocenters. The van der Waals surface area contributed by atoms with E-state index >= 15 is 0 Å². The predicted octanol–water partition coefficient (Wildman–Crippen LogP) is 3.53. The first-order valence-electron chi connectivity index (χ1n) is 7.99. The van der Waals surface area contributed by atoms with Crippen molar-refractivity contribution in [1.82, 2.24) is 5.32 Å². The van der Waals surface area contributed by atoms with E-state index in [4.69, 9.17) is 9.47 Å². The van der Waals surface area contributed by atoms with Crippen molar-refractivity contribution in [3.05, 3.63) is 29.8 Å². The first-order valence-corrected chi connectivity index (χ1v) is 7.99. The zero-order valence-electron chi connectivity index (χ0n) is 14.0. The average molecular weight is 293 g/mol. The first kappa shape index (κ1) is 18.0. The van der Waals surface area contributed by atoms with Gasteiger partial charge >= 0.3 is 0 Å². The lowest BCUT2D eigenvalue weighted by atomic mass is 9.94. The second-order valence-electron chi connectivity index (χ2n) is 6.07. The Labute approximate surface area is 130 Å². The van der Waals surface area contributed by atoms with Crippen LogP contribution in [0.4, 0.5) is 0 Å². The van der Waals surface area contributed by atoms with Gasteiger partial charge in [0.05, 0.1) is 7.11 Å². The Morgan fingerprint density at radius 2 is 1.86 bits per heavy atom. The molecule has 3 nitrogen and oxygen atoms in total. The van der Waals surface area contributed by atoms with Crippen LogP contribution in [0.5, 0.6) is 5.75 Å². The second kappa shape index (κ2) is 10.6. The first-order chi connectivity index (χ1) is 10.2. The molecule has 1 aromatic carbocycles. The normalized spacial score (nSPS) is 12.6. The van der Waals surface area contributed by atoms with Crippen molar-refractivity contribution in [2.75, 3.05) is 33.9 Å². The largest absolute Gasteiger partial charge is 0.496 e. The highest BCUT2D eigenvalue weighted by Crippen LogP contribution is 2.22. The third-order valence-electron chi connectivity index (χ3n) is 3.65. The number of ether oxygens (including phenoxy) is 2. The molecule has 3 heteroatoms. The van der Waals surface area contributed by atoms with Crippen LogP contribution in [0, 0.1) is 11.8 Å². The highest BCUT2D eigenvalue weighted by atomic mass is 16.5. The van der Waals surface area contributed by atoms with Crippen LogP contribution in [0.3, 0.4) is 0 Å². The summed E-state index contributed by atoms with van der Waals surface area (Å²) in [4.78, 5) is 0. The van der Waals surface area contributed by atoms with Gasteiger partial charge in [-0.2, -0.15) is 0 Å². The number of methoxy groups -OCH3 is 2. The molecule has 0 aliphatic carbocycles. The molecule has 0 spiro atoms. The number of benzene rings is 1. The van der Waals surface area contributed by atoms with Crippen molar-refractivity contribution in [2.24, 2.45) is 11.8 Å². The summed E-state index contributed by atoms with van der Waals surface area (Å²) in [5, 5.41) is 3.59. The van der Waals surface area contributed by atoms with Crippen molar-refractivity contribution in [3.63, 3.8) is 0 Å². The molecule has 1 rings (SSSR count). The van der Waals surface area contributed by atoms with Crippen LogP contribution in [0.1, 0.15) is 32.3 Å². The van der Waals surface area contributed by atoms with Crippen LogP contribution in [0.15, 0.2) is 24.3 Å². The molecule has 1 aromatic rings. The maximum Gasteiger partial charge on any atom is 0.122 e. The summed E-state index contributed by atoms with van der Waals surface area (Å²) in [6, 6.07) is 8.33. The lowest BCUT2D eigenvalue weighted by molar-refractivity contribution is 0.186. The summed E-state index contributed by atoms with van der Waals surface area (Å²) in [6.07, 6.45) is 3.34. The van der Waals surface area contributed by atoms with Gasteiger partial charge in [-0.25, -0.2) is 0 Å². The smallest absolute Gasteiger partial charge is 0.122 e. The van der Waals surface area contributed by atoms with Gasteiger partial charge in [0.25, 0.3) is 0 Å². The minimum atomic E-state index is 0.621. The molecular weight excluding hydrogens is 262 g/mol. The summed E-state index contributed by atoms with van der Waals surface area (Å²) in [5.41, 5.74) is 1.30. The molecule has 0 heterocycles. The zero-order chi connectivity index (χ0) is 15.5. The second-order valence-corrected chi connectivity index (χ2v) is 6.07. The highest BCUT2D eigenvalue weighted by molar-refractivity contribution is 5.33. The minimum absolute atomic E-state index is 0.621. The van der Waals surface area contributed by atoms with E-state index in [1.165, 1.54) is 12.0 Å². The van der Waals surface area contributed by atoms with Crippen molar-refractivity contribution in [1.29, 1.82) is 0 Å². The van der Waals surface area contributed by atoms with Gasteiger partial charge in [-0.1, -0.05) is 32.0 Å². The molecule has 1 atom stereocenters. The van der Waals surface area contributed by atoms with Gasteiger partial charge in [0.1, 0.15) is 5.75 Å². The number of hydrogen-bond donors (Lipinski definition) is 1. The van der Waals surface area contributed by atoms with Crippen LogP contribution < -0.4 is 10.1 Å². The molecule has 0 aromatic heterocycles. The van der Waals surface area contributed by atoms with E-state index in [9.17, 15) is 0 Å². The van der Waals surface area contributed by atoms with Gasteiger partial charge in [-0.15, -0.1) is 0 Å². The van der Waals surface area contributed by atoms with Gasteiger partial charge < -0.3 is 14.8 Å². The van der Waals surface area contributed by atoms with Crippen molar-refractivity contribution < 1.29 is 9.47 Å². The van der Waals surface area contributed by atoms with Crippen LogP contribution >= 0.6 is 0 Å². The van der Waals surface area contributed by atoms with Crippen LogP contribution in [-0.4, -0.2) is 33.9 Å². The fraction of sp³-hybridized carbons (Fsp3) is 0.667. The van der Waals surface area contributed by atoms with E-state index in [1.807, 2.05) is 12.1 Å². The third kappa shape index (κ3) is 7.49. The lowest BCUT2D eigenvalue weighted by Gasteiger charge is -2.20. The number of rotatable bonds is 11. The van der Waals surface area contributed by atoms with Gasteiger partial charge in [0, 0.05) is 13.7 Å². The summed E-state index contributed by atoms with van der Waals surface area (Å²) in [5.74, 6) is 2.31. The molecule has 21 heavy (non-hydrogen) atoms. The zero-order valence-corrected chi connectivity index (χ0v) is 14.0. The Bertz CT molecular complexity index is 379. The molecule has 0 saturated heterocycles. The SMILES string of the molecule is COCCCC(CNCC(C)C)Cc1ccccc1OC. The standard InChI is InChI=1S/C18H31NO2/c1-15(2)13-19-14-16(8-7-11-20-3)12-17-9-5-6-10-18(17)21-4/h5-6,9-10,15-16,19H,7-8,11-14H2,1-4H3. The molecule has 0 bridgehead atoms.